The average molecular weight is 284 g/mol. The van der Waals surface area contributed by atoms with Crippen molar-refractivity contribution in [1.29, 1.82) is 0 Å². The van der Waals surface area contributed by atoms with Gasteiger partial charge in [0.25, 0.3) is 0 Å². The summed E-state index contributed by atoms with van der Waals surface area (Å²) in [4.78, 5) is 10.8. The van der Waals surface area contributed by atoms with Gasteiger partial charge in [-0.15, -0.1) is 0 Å². The molecule has 0 aliphatic heterocycles. The Kier molecular flexibility index (Phi) is 3.19. The van der Waals surface area contributed by atoms with Gasteiger partial charge >= 0.3 is 5.97 Å². The van der Waals surface area contributed by atoms with Crippen LogP contribution < -0.4 is 5.32 Å². The highest BCUT2D eigenvalue weighted by molar-refractivity contribution is 9.10. The maximum atomic E-state index is 10.8. The van der Waals surface area contributed by atoms with E-state index in [0.29, 0.717) is 16.1 Å². The topological polar surface area (TPSA) is 49.3 Å². The van der Waals surface area contributed by atoms with E-state index >= 15 is 0 Å². The molecule has 0 bridgehead atoms. The fourth-order valence-corrected chi connectivity index (χ4v) is 2.30. The molecule has 0 saturated heterocycles. The van der Waals surface area contributed by atoms with Crippen LogP contribution in [0.2, 0.25) is 0 Å². The molecule has 16 heavy (non-hydrogen) atoms. The third-order valence-corrected chi connectivity index (χ3v) is 3.58. The van der Waals surface area contributed by atoms with Gasteiger partial charge in [0.15, 0.2) is 0 Å². The molecule has 1 aliphatic carbocycles. The van der Waals surface area contributed by atoms with E-state index in [1.165, 1.54) is 12.8 Å². The molecule has 1 unspecified atom stereocenters. The number of halogens is 1. The lowest BCUT2D eigenvalue weighted by Crippen LogP contribution is -2.17. The molecule has 1 atom stereocenters. The smallest absolute Gasteiger partial charge is 0.336 e. The van der Waals surface area contributed by atoms with Gasteiger partial charge in [-0.1, -0.05) is 0 Å². The van der Waals surface area contributed by atoms with E-state index in [0.717, 1.165) is 11.6 Å². The number of nitrogens with one attached hydrogen (secondary N) is 1. The second kappa shape index (κ2) is 4.45. The van der Waals surface area contributed by atoms with Crippen LogP contribution in [0.15, 0.2) is 22.7 Å². The van der Waals surface area contributed by atoms with Gasteiger partial charge in [-0.25, -0.2) is 4.79 Å². The number of benzene rings is 1. The van der Waals surface area contributed by atoms with Gasteiger partial charge in [-0.2, -0.15) is 0 Å². The van der Waals surface area contributed by atoms with Crippen molar-refractivity contribution in [3.05, 3.63) is 28.2 Å². The van der Waals surface area contributed by atoms with Crippen molar-refractivity contribution >= 4 is 27.6 Å². The fourth-order valence-electron chi connectivity index (χ4n) is 1.76. The predicted molar refractivity (Wildman–Crippen MR) is 66.9 cm³/mol. The number of hydrogen-bond acceptors (Lipinski definition) is 2. The highest BCUT2D eigenvalue weighted by Crippen LogP contribution is 2.34. The standard InChI is InChI=1S/C12H14BrNO2/c1-7(8-2-3-8)14-9-4-5-10(12(15)16)11(13)6-9/h4-8,14H,2-3H2,1H3,(H,15,16). The SMILES string of the molecule is CC(Nc1ccc(C(=O)O)c(Br)c1)C1CC1. The molecule has 4 heteroatoms. The first-order valence-electron chi connectivity index (χ1n) is 5.37. The van der Waals surface area contributed by atoms with Crippen molar-refractivity contribution in [2.24, 2.45) is 5.92 Å². The minimum absolute atomic E-state index is 0.296. The van der Waals surface area contributed by atoms with E-state index in [9.17, 15) is 4.79 Å². The lowest BCUT2D eigenvalue weighted by molar-refractivity contribution is 0.0696. The van der Waals surface area contributed by atoms with Gasteiger partial charge in [-0.05, 0) is 59.8 Å². The molecule has 1 fully saturated rings. The number of carboxylic acids is 1. The Labute approximate surface area is 103 Å². The summed E-state index contributed by atoms with van der Waals surface area (Å²) >= 11 is 3.27. The molecule has 0 radical (unpaired) electrons. The van der Waals surface area contributed by atoms with E-state index < -0.39 is 5.97 Å². The molecular weight excluding hydrogens is 270 g/mol. The van der Waals surface area contributed by atoms with E-state index in [1.807, 2.05) is 12.1 Å². The Hall–Kier alpha value is -1.03. The Morgan fingerprint density at radius 2 is 2.25 bits per heavy atom. The Morgan fingerprint density at radius 1 is 1.56 bits per heavy atom. The van der Waals surface area contributed by atoms with Crippen molar-refractivity contribution < 1.29 is 9.90 Å². The van der Waals surface area contributed by atoms with E-state index in [4.69, 9.17) is 5.11 Å². The van der Waals surface area contributed by atoms with E-state index in [2.05, 4.69) is 28.2 Å². The van der Waals surface area contributed by atoms with Crippen LogP contribution in [0.4, 0.5) is 5.69 Å². The zero-order valence-electron chi connectivity index (χ0n) is 9.03. The van der Waals surface area contributed by atoms with E-state index in [1.54, 1.807) is 6.07 Å². The molecule has 86 valence electrons. The quantitative estimate of drug-likeness (QED) is 0.891. The average Bonchev–Trinajstić information content (AvgIpc) is 2.99. The molecule has 0 aromatic heterocycles. The van der Waals surface area contributed by atoms with Gasteiger partial charge in [-0.3, -0.25) is 0 Å². The van der Waals surface area contributed by atoms with Crippen LogP contribution in [-0.4, -0.2) is 17.1 Å². The summed E-state index contributed by atoms with van der Waals surface area (Å²) in [5.41, 5.74) is 1.26. The van der Waals surface area contributed by atoms with Crippen LogP contribution >= 0.6 is 15.9 Å². The van der Waals surface area contributed by atoms with Gasteiger partial charge in [0.1, 0.15) is 0 Å². The minimum Gasteiger partial charge on any atom is -0.478 e. The molecule has 1 aromatic rings. The molecular formula is C12H14BrNO2. The molecule has 3 nitrogen and oxygen atoms in total. The summed E-state index contributed by atoms with van der Waals surface area (Å²) in [5, 5.41) is 12.3. The molecule has 1 saturated carbocycles. The highest BCUT2D eigenvalue weighted by atomic mass is 79.9. The monoisotopic (exact) mass is 283 g/mol. The number of rotatable bonds is 4. The first-order valence-corrected chi connectivity index (χ1v) is 6.16. The van der Waals surface area contributed by atoms with Crippen LogP contribution in [0.1, 0.15) is 30.1 Å². The summed E-state index contributed by atoms with van der Waals surface area (Å²) in [6.07, 6.45) is 2.59. The van der Waals surface area contributed by atoms with Crippen LogP contribution in [0.25, 0.3) is 0 Å². The van der Waals surface area contributed by atoms with Crippen molar-refractivity contribution in [2.45, 2.75) is 25.8 Å². The minimum atomic E-state index is -0.909. The Balaban J connectivity index is 2.10. The zero-order chi connectivity index (χ0) is 11.7. The molecule has 0 heterocycles. The van der Waals surface area contributed by atoms with Crippen molar-refractivity contribution in [1.82, 2.24) is 0 Å². The maximum Gasteiger partial charge on any atom is 0.336 e. The van der Waals surface area contributed by atoms with Crippen LogP contribution in [0, 0.1) is 5.92 Å². The van der Waals surface area contributed by atoms with Crippen LogP contribution in [0.5, 0.6) is 0 Å². The second-order valence-electron chi connectivity index (χ2n) is 4.27. The number of anilines is 1. The largest absolute Gasteiger partial charge is 0.478 e. The lowest BCUT2D eigenvalue weighted by Gasteiger charge is -2.14. The summed E-state index contributed by atoms with van der Waals surface area (Å²) in [6.45, 7) is 2.16. The number of aromatic carboxylic acids is 1. The number of hydrogen-bond donors (Lipinski definition) is 2. The number of carbonyl (C=O) groups is 1. The molecule has 1 aliphatic rings. The van der Waals surface area contributed by atoms with Gasteiger partial charge in [0, 0.05) is 16.2 Å². The van der Waals surface area contributed by atoms with Gasteiger partial charge in [0.2, 0.25) is 0 Å². The lowest BCUT2D eigenvalue weighted by atomic mass is 10.1. The first kappa shape index (κ1) is 11.5. The maximum absolute atomic E-state index is 10.8. The molecule has 2 N–H and O–H groups in total. The molecule has 2 rings (SSSR count). The number of carboxylic acid groups (broad SMARTS) is 1. The van der Waals surface area contributed by atoms with E-state index in [-0.39, 0.29) is 0 Å². The summed E-state index contributed by atoms with van der Waals surface area (Å²) in [5.74, 6) is -0.133. The predicted octanol–water partition coefficient (Wildman–Crippen LogP) is 3.36. The Bertz CT molecular complexity index is 415. The normalized spacial score (nSPS) is 16.9. The molecule has 0 amide bonds. The van der Waals surface area contributed by atoms with Crippen molar-refractivity contribution in [3.8, 4) is 0 Å². The summed E-state index contributed by atoms with van der Waals surface area (Å²) in [6, 6.07) is 5.71. The second-order valence-corrected chi connectivity index (χ2v) is 5.12. The van der Waals surface area contributed by atoms with Gasteiger partial charge < -0.3 is 10.4 Å². The molecule has 1 aromatic carbocycles. The van der Waals surface area contributed by atoms with Gasteiger partial charge in [0.05, 0.1) is 5.56 Å². The fraction of sp³-hybridized carbons (Fsp3) is 0.417. The van der Waals surface area contributed by atoms with Crippen molar-refractivity contribution in [2.75, 3.05) is 5.32 Å². The highest BCUT2D eigenvalue weighted by Gasteiger charge is 2.27. The Morgan fingerprint density at radius 3 is 2.75 bits per heavy atom. The van der Waals surface area contributed by atoms with Crippen molar-refractivity contribution in [3.63, 3.8) is 0 Å². The summed E-state index contributed by atoms with van der Waals surface area (Å²) in [7, 11) is 0. The summed E-state index contributed by atoms with van der Waals surface area (Å²) < 4.78 is 0.619. The third kappa shape index (κ3) is 2.55. The third-order valence-electron chi connectivity index (χ3n) is 2.92. The van der Waals surface area contributed by atoms with Crippen LogP contribution in [-0.2, 0) is 0 Å². The zero-order valence-corrected chi connectivity index (χ0v) is 10.6. The first-order chi connectivity index (χ1) is 7.58. The van der Waals surface area contributed by atoms with Crippen LogP contribution in [0.3, 0.4) is 0 Å². The molecule has 0 spiro atoms.